The van der Waals surface area contributed by atoms with Crippen LogP contribution in [0.3, 0.4) is 0 Å². The average Bonchev–Trinajstić information content (AvgIpc) is 2.74. The summed E-state index contributed by atoms with van der Waals surface area (Å²) < 4.78 is 0. The van der Waals surface area contributed by atoms with Crippen LogP contribution in [-0.4, -0.2) is 22.9 Å². The van der Waals surface area contributed by atoms with Gasteiger partial charge in [-0.2, -0.15) is 0 Å². The second-order valence-electron chi connectivity index (χ2n) is 6.79. The third-order valence-corrected chi connectivity index (χ3v) is 5.47. The van der Waals surface area contributed by atoms with E-state index in [1.807, 2.05) is 32.0 Å². The van der Waals surface area contributed by atoms with E-state index < -0.39 is 16.6 Å². The van der Waals surface area contributed by atoms with Gasteiger partial charge in [-0.05, 0) is 49.9 Å². The molecule has 0 heterocycles. The van der Waals surface area contributed by atoms with Crippen molar-refractivity contribution in [1.29, 1.82) is 0 Å². The number of nitrogens with zero attached hydrogens (tertiary/aromatic N) is 1. The van der Waals surface area contributed by atoms with E-state index in [2.05, 4.69) is 5.32 Å². The van der Waals surface area contributed by atoms with Crippen molar-refractivity contribution < 1.29 is 14.5 Å². The van der Waals surface area contributed by atoms with Crippen LogP contribution in [0.1, 0.15) is 37.4 Å². The van der Waals surface area contributed by atoms with E-state index in [4.69, 9.17) is 0 Å². The number of nitro benzene ring substituents is 1. The topological polar surface area (TPSA) is 89.3 Å². The number of hydrogen-bond donors (Lipinski definition) is 1. The summed E-state index contributed by atoms with van der Waals surface area (Å²) in [7, 11) is 0. The minimum absolute atomic E-state index is 0.134. The number of aryl methyl sites for hydroxylation is 2. The predicted molar refractivity (Wildman–Crippen MR) is 119 cm³/mol. The van der Waals surface area contributed by atoms with Gasteiger partial charge in [0.2, 0.25) is 0 Å². The third-order valence-electron chi connectivity index (χ3n) is 4.68. The number of carbonyl (C=O) groups excluding carboxylic acids is 2. The van der Waals surface area contributed by atoms with Crippen molar-refractivity contribution in [2.24, 2.45) is 0 Å². The van der Waals surface area contributed by atoms with Crippen LogP contribution in [0.15, 0.2) is 65.6 Å². The highest BCUT2D eigenvalue weighted by atomic mass is 32.2. The van der Waals surface area contributed by atoms with Gasteiger partial charge >= 0.3 is 0 Å². The Hall–Kier alpha value is -3.45. The zero-order valence-corrected chi connectivity index (χ0v) is 17.6. The van der Waals surface area contributed by atoms with Crippen molar-refractivity contribution in [2.45, 2.75) is 18.7 Å². The molecule has 3 rings (SSSR count). The molecule has 0 aliphatic carbocycles. The summed E-state index contributed by atoms with van der Waals surface area (Å²) >= 11 is 1.23. The molecule has 1 amide bonds. The van der Waals surface area contributed by atoms with Gasteiger partial charge in [-0.15, -0.1) is 11.8 Å². The molecule has 0 unspecified atom stereocenters. The van der Waals surface area contributed by atoms with Crippen LogP contribution in [0, 0.1) is 24.0 Å². The molecule has 3 aromatic rings. The number of nitro groups is 1. The normalized spacial score (nSPS) is 10.5. The van der Waals surface area contributed by atoms with Crippen molar-refractivity contribution in [3.8, 4) is 0 Å². The molecule has 3 aromatic carbocycles. The molecule has 0 saturated heterocycles. The van der Waals surface area contributed by atoms with Crippen molar-refractivity contribution in [3.05, 3.63) is 98.6 Å². The van der Waals surface area contributed by atoms with Gasteiger partial charge < -0.3 is 5.32 Å². The average molecular weight is 420 g/mol. The van der Waals surface area contributed by atoms with E-state index in [9.17, 15) is 19.7 Å². The van der Waals surface area contributed by atoms with Gasteiger partial charge in [0.1, 0.15) is 0 Å². The van der Waals surface area contributed by atoms with E-state index in [0.717, 1.165) is 11.1 Å². The molecule has 0 atom stereocenters. The monoisotopic (exact) mass is 420 g/mol. The summed E-state index contributed by atoms with van der Waals surface area (Å²) in [6.45, 7) is 3.86. The first-order valence-corrected chi connectivity index (χ1v) is 10.4. The van der Waals surface area contributed by atoms with Crippen LogP contribution in [0.2, 0.25) is 0 Å². The molecule has 0 spiro atoms. The van der Waals surface area contributed by atoms with E-state index in [1.165, 1.54) is 17.8 Å². The van der Waals surface area contributed by atoms with Gasteiger partial charge in [-0.3, -0.25) is 19.7 Å². The highest BCUT2D eigenvalue weighted by molar-refractivity contribution is 7.98. The first kappa shape index (κ1) is 21.3. The van der Waals surface area contributed by atoms with Crippen LogP contribution in [-0.2, 0) is 0 Å². The van der Waals surface area contributed by atoms with Crippen LogP contribution in [0.25, 0.3) is 0 Å². The van der Waals surface area contributed by atoms with Crippen LogP contribution in [0.4, 0.5) is 11.4 Å². The number of anilines is 1. The molecule has 0 aromatic heterocycles. The molecule has 0 aliphatic rings. The first-order chi connectivity index (χ1) is 14.3. The molecule has 1 N–H and O–H groups in total. The van der Waals surface area contributed by atoms with E-state index in [1.54, 1.807) is 42.7 Å². The number of ketones is 1. The van der Waals surface area contributed by atoms with Gasteiger partial charge in [-0.1, -0.05) is 35.9 Å². The lowest BCUT2D eigenvalue weighted by Gasteiger charge is -2.12. The molecular formula is C23H20N2O4S. The SMILES string of the molecule is CSc1ccc(C(=O)c2ccccc2C(=O)Nc2ccc(C)cc2C)cc1[N+](=O)[O-]. The minimum atomic E-state index is -0.513. The lowest BCUT2D eigenvalue weighted by Crippen LogP contribution is -2.17. The lowest BCUT2D eigenvalue weighted by atomic mass is 9.97. The van der Waals surface area contributed by atoms with Gasteiger partial charge in [0, 0.05) is 22.9 Å². The maximum atomic E-state index is 13.1. The molecule has 30 heavy (non-hydrogen) atoms. The zero-order chi connectivity index (χ0) is 21.8. The summed E-state index contributed by atoms with van der Waals surface area (Å²) in [5, 5.41) is 14.2. The minimum Gasteiger partial charge on any atom is -0.322 e. The highest BCUT2D eigenvalue weighted by Crippen LogP contribution is 2.29. The van der Waals surface area contributed by atoms with E-state index in [-0.39, 0.29) is 22.4 Å². The summed E-state index contributed by atoms with van der Waals surface area (Å²) in [5.41, 5.74) is 3.07. The number of amides is 1. The fourth-order valence-electron chi connectivity index (χ4n) is 3.15. The van der Waals surface area contributed by atoms with Crippen molar-refractivity contribution in [2.75, 3.05) is 11.6 Å². The molecule has 0 aliphatic heterocycles. The summed E-state index contributed by atoms with van der Waals surface area (Å²) in [6.07, 6.45) is 1.73. The summed E-state index contributed by atoms with van der Waals surface area (Å²) in [5.74, 6) is -0.863. The fraction of sp³-hybridized carbons (Fsp3) is 0.130. The summed E-state index contributed by atoms with van der Waals surface area (Å²) in [6, 6.07) is 16.5. The number of benzene rings is 3. The molecular weight excluding hydrogens is 400 g/mol. The number of rotatable bonds is 6. The second kappa shape index (κ2) is 8.92. The highest BCUT2D eigenvalue weighted by Gasteiger charge is 2.22. The molecule has 152 valence electrons. The first-order valence-electron chi connectivity index (χ1n) is 9.16. The Balaban J connectivity index is 1.97. The quantitative estimate of drug-likeness (QED) is 0.249. The van der Waals surface area contributed by atoms with Crippen molar-refractivity contribution >= 4 is 34.8 Å². The number of nitrogens with one attached hydrogen (secondary N) is 1. The zero-order valence-electron chi connectivity index (χ0n) is 16.8. The Morgan fingerprint density at radius 1 is 0.967 bits per heavy atom. The van der Waals surface area contributed by atoms with E-state index in [0.29, 0.717) is 10.6 Å². The Kier molecular flexibility index (Phi) is 6.32. The van der Waals surface area contributed by atoms with Crippen molar-refractivity contribution in [1.82, 2.24) is 0 Å². The maximum absolute atomic E-state index is 13.1. The smallest absolute Gasteiger partial charge is 0.283 e. The van der Waals surface area contributed by atoms with Gasteiger partial charge in [0.15, 0.2) is 5.78 Å². The molecule has 0 saturated carbocycles. The van der Waals surface area contributed by atoms with Gasteiger partial charge in [0.05, 0.1) is 15.4 Å². The number of thioether (sulfide) groups is 1. The Labute approximate surface area is 178 Å². The predicted octanol–water partition coefficient (Wildman–Crippen LogP) is 5.42. The lowest BCUT2D eigenvalue weighted by molar-refractivity contribution is -0.387. The van der Waals surface area contributed by atoms with Crippen LogP contribution < -0.4 is 5.32 Å². The Morgan fingerprint density at radius 3 is 2.30 bits per heavy atom. The second-order valence-corrected chi connectivity index (χ2v) is 7.64. The summed E-state index contributed by atoms with van der Waals surface area (Å²) in [4.78, 5) is 37.3. The van der Waals surface area contributed by atoms with Gasteiger partial charge in [0.25, 0.3) is 11.6 Å². The van der Waals surface area contributed by atoms with E-state index >= 15 is 0 Å². The molecule has 0 fully saturated rings. The molecule has 6 nitrogen and oxygen atoms in total. The maximum Gasteiger partial charge on any atom is 0.283 e. The standard InChI is InChI=1S/C23H20N2O4S/c1-14-8-10-19(15(2)12-14)24-23(27)18-7-5-4-6-17(18)22(26)16-9-11-21(30-3)20(13-16)25(28)29/h4-13H,1-3H3,(H,24,27). The van der Waals surface area contributed by atoms with Crippen LogP contribution in [0.5, 0.6) is 0 Å². The molecule has 7 heteroatoms. The molecule has 0 bridgehead atoms. The Morgan fingerprint density at radius 2 is 1.67 bits per heavy atom. The van der Waals surface area contributed by atoms with Crippen LogP contribution >= 0.6 is 11.8 Å². The largest absolute Gasteiger partial charge is 0.322 e. The van der Waals surface area contributed by atoms with Crippen molar-refractivity contribution in [3.63, 3.8) is 0 Å². The fourth-order valence-corrected chi connectivity index (χ4v) is 3.70. The number of hydrogen-bond acceptors (Lipinski definition) is 5. The third kappa shape index (κ3) is 4.41. The molecule has 0 radical (unpaired) electrons. The number of carbonyl (C=O) groups is 2. The Bertz CT molecular complexity index is 1160. The van der Waals surface area contributed by atoms with Gasteiger partial charge in [-0.25, -0.2) is 0 Å².